The summed E-state index contributed by atoms with van der Waals surface area (Å²) in [5, 5.41) is -0.227. The zero-order valence-corrected chi connectivity index (χ0v) is 19.8. The van der Waals surface area contributed by atoms with Gasteiger partial charge in [-0.1, -0.05) is 29.8 Å². The molecule has 0 aliphatic heterocycles. The van der Waals surface area contributed by atoms with E-state index < -0.39 is 46.7 Å². The topological polar surface area (TPSA) is 88.8 Å². The van der Waals surface area contributed by atoms with Gasteiger partial charge in [0.25, 0.3) is 5.56 Å². The third kappa shape index (κ3) is 5.54. The molecule has 0 saturated heterocycles. The first-order chi connectivity index (χ1) is 16.8. The van der Waals surface area contributed by atoms with Gasteiger partial charge in [0.1, 0.15) is 29.6 Å². The van der Waals surface area contributed by atoms with Crippen LogP contribution in [0.1, 0.15) is 18.2 Å². The number of hydrogen-bond acceptors (Lipinski definition) is 6. The number of rotatable bonds is 7. The van der Waals surface area contributed by atoms with E-state index in [9.17, 15) is 31.9 Å². The minimum atomic E-state index is -4.97. The van der Waals surface area contributed by atoms with E-state index in [1.54, 1.807) is 24.3 Å². The van der Waals surface area contributed by atoms with Crippen LogP contribution in [-0.2, 0) is 29.4 Å². The Morgan fingerprint density at radius 3 is 2.42 bits per heavy atom. The number of ether oxygens (including phenoxy) is 3. The fraction of sp³-hybridized carbons (Fsp3) is 0.261. The van der Waals surface area contributed by atoms with Crippen LogP contribution in [0.25, 0.3) is 5.69 Å². The van der Waals surface area contributed by atoms with E-state index in [2.05, 4.69) is 4.74 Å². The van der Waals surface area contributed by atoms with Crippen molar-refractivity contribution in [3.63, 3.8) is 0 Å². The van der Waals surface area contributed by atoms with Gasteiger partial charge < -0.3 is 14.2 Å². The molecule has 192 valence electrons. The summed E-state index contributed by atoms with van der Waals surface area (Å²) in [6.45, 7) is 1.28. The first-order valence-corrected chi connectivity index (χ1v) is 10.6. The molecule has 0 aliphatic rings. The Labute approximate surface area is 206 Å². The minimum absolute atomic E-state index is 0.169. The minimum Gasteiger partial charge on any atom is -0.487 e. The summed E-state index contributed by atoms with van der Waals surface area (Å²) in [6, 6.07) is 8.38. The van der Waals surface area contributed by atoms with Gasteiger partial charge in [-0.2, -0.15) is 13.2 Å². The lowest BCUT2D eigenvalue weighted by Crippen LogP contribution is -2.41. The normalized spacial score (nSPS) is 12.2. The number of nitrogens with zero attached hydrogens (tertiary/aromatic N) is 2. The second kappa shape index (κ2) is 10.4. The van der Waals surface area contributed by atoms with E-state index in [1.165, 1.54) is 14.0 Å². The van der Waals surface area contributed by atoms with Crippen molar-refractivity contribution >= 4 is 17.6 Å². The average Bonchev–Trinajstić information content (AvgIpc) is 2.81. The highest BCUT2D eigenvalue weighted by atomic mass is 35.5. The largest absolute Gasteiger partial charge is 0.487 e. The Morgan fingerprint density at radius 2 is 1.78 bits per heavy atom. The lowest BCUT2D eigenvalue weighted by atomic mass is 10.2. The zero-order valence-electron chi connectivity index (χ0n) is 19.1. The molecule has 0 aliphatic carbocycles. The van der Waals surface area contributed by atoms with Crippen LogP contribution in [0.3, 0.4) is 0 Å². The average molecular weight is 531 g/mol. The van der Waals surface area contributed by atoms with Crippen molar-refractivity contribution in [2.75, 3.05) is 7.11 Å². The number of para-hydroxylation sites is 1. The molecule has 36 heavy (non-hydrogen) atoms. The SMILES string of the molecule is COC(=O)C(C)Oc1ccccc1COc1cc(-n2c(=O)cc(C(F)(F)F)n(C)c2=O)c(F)cc1Cl. The monoisotopic (exact) mass is 530 g/mol. The van der Waals surface area contributed by atoms with Gasteiger partial charge >= 0.3 is 17.8 Å². The fourth-order valence-corrected chi connectivity index (χ4v) is 3.42. The molecule has 8 nitrogen and oxygen atoms in total. The molecular weight excluding hydrogens is 512 g/mol. The second-order valence-corrected chi connectivity index (χ2v) is 7.86. The second-order valence-electron chi connectivity index (χ2n) is 7.46. The molecule has 1 aromatic heterocycles. The predicted octanol–water partition coefficient (Wildman–Crippen LogP) is 3.87. The molecule has 2 aromatic carbocycles. The van der Waals surface area contributed by atoms with Crippen LogP contribution in [0.5, 0.6) is 11.5 Å². The van der Waals surface area contributed by atoms with Gasteiger partial charge in [-0.05, 0) is 19.1 Å². The molecule has 0 saturated carbocycles. The van der Waals surface area contributed by atoms with E-state index in [4.69, 9.17) is 21.1 Å². The number of benzene rings is 2. The number of carbonyl (C=O) groups excluding carboxylic acids is 1. The van der Waals surface area contributed by atoms with Crippen LogP contribution in [0, 0.1) is 5.82 Å². The molecule has 3 aromatic rings. The Morgan fingerprint density at radius 1 is 1.11 bits per heavy atom. The molecule has 0 amide bonds. The third-order valence-corrected chi connectivity index (χ3v) is 5.34. The number of methoxy groups -OCH3 is 1. The molecule has 0 fully saturated rings. The van der Waals surface area contributed by atoms with Gasteiger partial charge in [0.15, 0.2) is 6.10 Å². The van der Waals surface area contributed by atoms with Crippen molar-refractivity contribution in [2.24, 2.45) is 7.05 Å². The molecule has 3 rings (SSSR count). The van der Waals surface area contributed by atoms with Crippen molar-refractivity contribution in [2.45, 2.75) is 25.8 Å². The molecule has 0 radical (unpaired) electrons. The summed E-state index contributed by atoms with van der Waals surface area (Å²) in [7, 11) is 2.01. The van der Waals surface area contributed by atoms with E-state index in [1.807, 2.05) is 0 Å². The number of aromatic nitrogens is 2. The maximum atomic E-state index is 14.7. The van der Waals surface area contributed by atoms with E-state index in [0.29, 0.717) is 5.56 Å². The van der Waals surface area contributed by atoms with Gasteiger partial charge in [-0.25, -0.2) is 18.5 Å². The first-order valence-electron chi connectivity index (χ1n) is 10.2. The van der Waals surface area contributed by atoms with Crippen LogP contribution in [0.15, 0.2) is 52.1 Å². The Balaban J connectivity index is 1.98. The van der Waals surface area contributed by atoms with Crippen LogP contribution < -0.4 is 20.7 Å². The van der Waals surface area contributed by atoms with Gasteiger partial charge in [0.2, 0.25) is 0 Å². The maximum absolute atomic E-state index is 14.7. The molecule has 0 bridgehead atoms. The van der Waals surface area contributed by atoms with E-state index >= 15 is 0 Å². The molecule has 13 heteroatoms. The number of esters is 1. The molecule has 1 heterocycles. The summed E-state index contributed by atoms with van der Waals surface area (Å²) in [6.07, 6.45) is -5.90. The Bertz CT molecular complexity index is 1420. The fourth-order valence-electron chi connectivity index (χ4n) is 3.22. The van der Waals surface area contributed by atoms with E-state index in [-0.39, 0.29) is 38.3 Å². The summed E-state index contributed by atoms with van der Waals surface area (Å²) in [5.74, 6) is -1.64. The van der Waals surface area contributed by atoms with Gasteiger partial charge in [0, 0.05) is 24.7 Å². The van der Waals surface area contributed by atoms with Crippen LogP contribution in [0.4, 0.5) is 17.6 Å². The van der Waals surface area contributed by atoms with Crippen molar-refractivity contribution in [1.29, 1.82) is 0 Å². The van der Waals surface area contributed by atoms with Crippen molar-refractivity contribution < 1.29 is 36.6 Å². The van der Waals surface area contributed by atoms with Gasteiger partial charge in [-0.3, -0.25) is 9.36 Å². The summed E-state index contributed by atoms with van der Waals surface area (Å²) < 4.78 is 70.3. The Kier molecular flexibility index (Phi) is 7.77. The molecule has 0 spiro atoms. The number of halogens is 5. The van der Waals surface area contributed by atoms with Crippen LogP contribution in [-0.4, -0.2) is 28.3 Å². The lowest BCUT2D eigenvalue weighted by Gasteiger charge is -2.17. The van der Waals surface area contributed by atoms with Crippen LogP contribution in [0.2, 0.25) is 5.02 Å². The van der Waals surface area contributed by atoms with Crippen LogP contribution >= 0.6 is 11.6 Å². The molecule has 1 atom stereocenters. The lowest BCUT2D eigenvalue weighted by molar-refractivity contribution is -0.148. The molecule has 0 N–H and O–H groups in total. The van der Waals surface area contributed by atoms with Gasteiger partial charge in [-0.15, -0.1) is 0 Å². The molecule has 1 unspecified atom stereocenters. The summed E-state index contributed by atoms with van der Waals surface area (Å²) in [4.78, 5) is 36.6. The quantitative estimate of drug-likeness (QED) is 0.340. The number of carbonyl (C=O) groups is 1. The van der Waals surface area contributed by atoms with Gasteiger partial charge in [0.05, 0.1) is 17.8 Å². The van der Waals surface area contributed by atoms with E-state index in [0.717, 1.165) is 19.2 Å². The number of hydrogen-bond donors (Lipinski definition) is 0. The van der Waals surface area contributed by atoms with Crippen molar-refractivity contribution in [3.8, 4) is 17.2 Å². The standard InChI is InChI=1S/C23H19ClF4N2O6/c1-12(21(32)34-3)36-17-7-5-4-6-13(17)11-35-18-9-16(15(25)8-14(18)24)30-20(31)10-19(23(26,27)28)29(2)22(30)33/h4-10,12H,11H2,1-3H3. The number of alkyl halides is 3. The smallest absolute Gasteiger partial charge is 0.431 e. The molecular formula is C23H19ClF4N2O6. The maximum Gasteiger partial charge on any atom is 0.431 e. The highest BCUT2D eigenvalue weighted by Crippen LogP contribution is 2.31. The van der Waals surface area contributed by atoms with Crippen molar-refractivity contribution in [3.05, 3.63) is 85.4 Å². The van der Waals surface area contributed by atoms with Crippen molar-refractivity contribution in [1.82, 2.24) is 9.13 Å². The summed E-state index contributed by atoms with van der Waals surface area (Å²) in [5.41, 5.74) is -4.50. The first kappa shape index (κ1) is 26.8. The predicted molar refractivity (Wildman–Crippen MR) is 120 cm³/mol. The summed E-state index contributed by atoms with van der Waals surface area (Å²) >= 11 is 6.06. The Hall–Kier alpha value is -3.80. The third-order valence-electron chi connectivity index (χ3n) is 5.05. The highest BCUT2D eigenvalue weighted by molar-refractivity contribution is 6.32. The zero-order chi connectivity index (χ0) is 26.8. The highest BCUT2D eigenvalue weighted by Gasteiger charge is 2.35.